The van der Waals surface area contributed by atoms with E-state index in [1.807, 2.05) is 12.1 Å². The first kappa shape index (κ1) is 22.5. The number of methoxy groups -OCH3 is 2. The van der Waals surface area contributed by atoms with Crippen LogP contribution in [0, 0.1) is 0 Å². The zero-order chi connectivity index (χ0) is 22.6. The van der Waals surface area contributed by atoms with Crippen molar-refractivity contribution in [1.29, 1.82) is 0 Å². The van der Waals surface area contributed by atoms with E-state index in [-0.39, 0.29) is 18.8 Å². The molecule has 0 fully saturated rings. The minimum absolute atomic E-state index is 0.157. The summed E-state index contributed by atoms with van der Waals surface area (Å²) >= 11 is 0. The molecular formula is C21H26N2O7S. The van der Waals surface area contributed by atoms with Crippen LogP contribution in [0.5, 0.6) is 23.0 Å². The summed E-state index contributed by atoms with van der Waals surface area (Å²) in [5.74, 6) is 1.49. The second-order valence-corrected chi connectivity index (χ2v) is 8.87. The zero-order valence-corrected chi connectivity index (χ0v) is 18.6. The Balaban J connectivity index is 1.75. The highest BCUT2D eigenvalue weighted by Crippen LogP contribution is 2.35. The molecule has 0 spiro atoms. The van der Waals surface area contributed by atoms with E-state index in [0.29, 0.717) is 23.0 Å². The summed E-state index contributed by atoms with van der Waals surface area (Å²) in [6, 6.07) is 11.0. The van der Waals surface area contributed by atoms with E-state index in [0.717, 1.165) is 10.6 Å². The van der Waals surface area contributed by atoms with Gasteiger partial charge in [-0.2, -0.15) is 0 Å². The van der Waals surface area contributed by atoms with Gasteiger partial charge < -0.3 is 24.3 Å². The number of amides is 1. The Hall–Kier alpha value is -3.14. The number of ether oxygens (including phenoxy) is 4. The summed E-state index contributed by atoms with van der Waals surface area (Å²) in [5, 5.41) is 2.75. The Bertz CT molecular complexity index is 1040. The summed E-state index contributed by atoms with van der Waals surface area (Å²) in [6.07, 6.45) is 0.633. The van der Waals surface area contributed by atoms with Crippen LogP contribution >= 0.6 is 0 Å². The molecule has 2 aromatic rings. The predicted molar refractivity (Wildman–Crippen MR) is 116 cm³/mol. The van der Waals surface area contributed by atoms with Gasteiger partial charge in [0.25, 0.3) is 0 Å². The third-order valence-corrected chi connectivity index (χ3v) is 6.01. The van der Waals surface area contributed by atoms with Gasteiger partial charge in [0.1, 0.15) is 30.3 Å². The average Bonchev–Trinajstić information content (AvgIpc) is 2.76. The number of carbonyl (C=O) groups excluding carboxylic acids is 1. The topological polar surface area (TPSA) is 103 Å². The fraction of sp³-hybridized carbons (Fsp3) is 0.381. The van der Waals surface area contributed by atoms with Gasteiger partial charge >= 0.3 is 0 Å². The highest BCUT2D eigenvalue weighted by molar-refractivity contribution is 7.92. The van der Waals surface area contributed by atoms with E-state index in [9.17, 15) is 13.2 Å². The maximum absolute atomic E-state index is 12.9. The van der Waals surface area contributed by atoms with Crippen molar-refractivity contribution in [2.24, 2.45) is 0 Å². The summed E-state index contributed by atoms with van der Waals surface area (Å²) in [4.78, 5) is 12.9. The Kier molecular flexibility index (Phi) is 6.79. The van der Waals surface area contributed by atoms with E-state index in [1.165, 1.54) is 27.2 Å². The smallest absolute Gasteiger partial charge is 0.243 e. The molecule has 1 amide bonds. The lowest BCUT2D eigenvalue weighted by atomic mass is 10.2. The van der Waals surface area contributed by atoms with E-state index in [2.05, 4.69) is 5.32 Å². The molecule has 1 N–H and O–H groups in total. The third kappa shape index (κ3) is 5.13. The molecule has 0 bridgehead atoms. The van der Waals surface area contributed by atoms with Crippen LogP contribution in [0.25, 0.3) is 0 Å². The number of nitrogens with one attached hydrogen (secondary N) is 1. The third-order valence-electron chi connectivity index (χ3n) is 4.78. The standard InChI is InChI=1S/C21H26N2O7S/c1-14(21(24)22-12-16-13-29-19-7-5-6-8-20(19)30-16)23(31(4,25)26)17-11-15(27-2)9-10-18(17)28-3/h5-11,14,16H,12-13H2,1-4H3,(H,22,24)/t14-,16+/m0/s1. The maximum atomic E-state index is 12.9. The lowest BCUT2D eigenvalue weighted by Crippen LogP contribution is -2.50. The highest BCUT2D eigenvalue weighted by atomic mass is 32.2. The molecule has 10 heteroatoms. The molecule has 9 nitrogen and oxygen atoms in total. The minimum Gasteiger partial charge on any atom is -0.497 e. The van der Waals surface area contributed by atoms with Gasteiger partial charge in [-0.15, -0.1) is 0 Å². The molecule has 0 saturated carbocycles. The quantitative estimate of drug-likeness (QED) is 0.654. The molecule has 0 unspecified atom stereocenters. The van der Waals surface area contributed by atoms with Crippen LogP contribution in [0.1, 0.15) is 6.92 Å². The second kappa shape index (κ2) is 9.34. The predicted octanol–water partition coefficient (Wildman–Crippen LogP) is 1.81. The molecule has 0 aromatic heterocycles. The Morgan fingerprint density at radius 2 is 1.90 bits per heavy atom. The molecule has 0 aliphatic carbocycles. The largest absolute Gasteiger partial charge is 0.497 e. The van der Waals surface area contributed by atoms with Crippen molar-refractivity contribution < 1.29 is 32.2 Å². The number of sulfonamides is 1. The van der Waals surface area contributed by atoms with Crippen LogP contribution in [0.2, 0.25) is 0 Å². The first-order chi connectivity index (χ1) is 14.7. The molecular weight excluding hydrogens is 424 g/mol. The fourth-order valence-electron chi connectivity index (χ4n) is 3.28. The minimum atomic E-state index is -3.82. The van der Waals surface area contributed by atoms with Gasteiger partial charge in [0.15, 0.2) is 11.5 Å². The van der Waals surface area contributed by atoms with Crippen molar-refractivity contribution in [1.82, 2.24) is 5.32 Å². The molecule has 1 aliphatic heterocycles. The summed E-state index contributed by atoms with van der Waals surface area (Å²) in [6.45, 7) is 1.93. The summed E-state index contributed by atoms with van der Waals surface area (Å²) in [7, 11) is -0.927. The van der Waals surface area contributed by atoms with Gasteiger partial charge in [-0.05, 0) is 31.2 Å². The highest BCUT2D eigenvalue weighted by Gasteiger charge is 2.32. The molecule has 168 valence electrons. The lowest BCUT2D eigenvalue weighted by molar-refractivity contribution is -0.122. The normalized spacial score (nSPS) is 16.2. The van der Waals surface area contributed by atoms with Crippen LogP contribution in [-0.4, -0.2) is 60.1 Å². The molecule has 31 heavy (non-hydrogen) atoms. The molecule has 3 rings (SSSR count). The number of nitrogens with zero attached hydrogens (tertiary/aromatic N) is 1. The van der Waals surface area contributed by atoms with E-state index in [1.54, 1.807) is 24.3 Å². The van der Waals surface area contributed by atoms with Gasteiger partial charge in [0.2, 0.25) is 15.9 Å². The number of fused-ring (bicyclic) bond motifs is 1. The monoisotopic (exact) mass is 450 g/mol. The number of hydrogen-bond acceptors (Lipinski definition) is 7. The number of rotatable bonds is 8. The Morgan fingerprint density at radius 3 is 2.55 bits per heavy atom. The Morgan fingerprint density at radius 1 is 1.19 bits per heavy atom. The maximum Gasteiger partial charge on any atom is 0.243 e. The number of anilines is 1. The molecule has 1 heterocycles. The SMILES string of the molecule is COc1ccc(OC)c(N([C@@H](C)C(=O)NC[C@@H]2COc3ccccc3O2)S(C)(=O)=O)c1. The van der Waals surface area contributed by atoms with Gasteiger partial charge in [-0.25, -0.2) is 8.42 Å². The average molecular weight is 451 g/mol. The van der Waals surface area contributed by atoms with Crippen LogP contribution in [0.3, 0.4) is 0 Å². The first-order valence-corrected chi connectivity index (χ1v) is 11.5. The first-order valence-electron chi connectivity index (χ1n) is 9.62. The second-order valence-electron chi connectivity index (χ2n) is 7.02. The van der Waals surface area contributed by atoms with Crippen molar-refractivity contribution in [3.63, 3.8) is 0 Å². The van der Waals surface area contributed by atoms with Gasteiger partial charge in [-0.3, -0.25) is 9.10 Å². The Labute approximate surface area is 181 Å². The van der Waals surface area contributed by atoms with Crippen LogP contribution in [0.4, 0.5) is 5.69 Å². The summed E-state index contributed by atoms with van der Waals surface area (Å²) in [5.41, 5.74) is 0.207. The number of hydrogen-bond donors (Lipinski definition) is 1. The number of carbonyl (C=O) groups is 1. The summed E-state index contributed by atoms with van der Waals surface area (Å²) < 4.78 is 48.2. The fourth-order valence-corrected chi connectivity index (χ4v) is 4.45. The van der Waals surface area contributed by atoms with E-state index < -0.39 is 28.1 Å². The molecule has 2 atom stereocenters. The lowest BCUT2D eigenvalue weighted by Gasteiger charge is -2.31. The van der Waals surface area contributed by atoms with E-state index >= 15 is 0 Å². The molecule has 2 aromatic carbocycles. The van der Waals surface area contributed by atoms with Crippen molar-refractivity contribution in [3.05, 3.63) is 42.5 Å². The molecule has 0 saturated heterocycles. The van der Waals surface area contributed by atoms with E-state index in [4.69, 9.17) is 18.9 Å². The zero-order valence-electron chi connectivity index (χ0n) is 17.8. The van der Waals surface area contributed by atoms with Gasteiger partial charge in [-0.1, -0.05) is 12.1 Å². The van der Waals surface area contributed by atoms with Crippen molar-refractivity contribution in [2.45, 2.75) is 19.1 Å². The van der Waals surface area contributed by atoms with Crippen molar-refractivity contribution in [3.8, 4) is 23.0 Å². The van der Waals surface area contributed by atoms with Crippen LogP contribution < -0.4 is 28.6 Å². The molecule has 1 aliphatic rings. The van der Waals surface area contributed by atoms with Crippen molar-refractivity contribution >= 4 is 21.6 Å². The molecule has 0 radical (unpaired) electrons. The van der Waals surface area contributed by atoms with Gasteiger partial charge in [0.05, 0.1) is 32.7 Å². The number of benzene rings is 2. The van der Waals surface area contributed by atoms with Gasteiger partial charge in [0, 0.05) is 6.07 Å². The van der Waals surface area contributed by atoms with Crippen LogP contribution in [0.15, 0.2) is 42.5 Å². The van der Waals surface area contributed by atoms with Crippen LogP contribution in [-0.2, 0) is 14.8 Å². The van der Waals surface area contributed by atoms with Crippen molar-refractivity contribution in [2.75, 3.05) is 37.9 Å². The number of para-hydroxylation sites is 2.